The summed E-state index contributed by atoms with van der Waals surface area (Å²) in [6, 6.07) is 10.1. The lowest BCUT2D eigenvalue weighted by Crippen LogP contribution is -2.33. The fourth-order valence-corrected chi connectivity index (χ4v) is 2.21. The fourth-order valence-electron chi connectivity index (χ4n) is 2.21. The predicted molar refractivity (Wildman–Crippen MR) is 77.7 cm³/mol. The molecule has 1 rings (SSSR count). The highest BCUT2D eigenvalue weighted by atomic mass is 16.1. The van der Waals surface area contributed by atoms with Gasteiger partial charge in [0.05, 0.1) is 5.41 Å². The van der Waals surface area contributed by atoms with Crippen molar-refractivity contribution in [2.75, 3.05) is 0 Å². The van der Waals surface area contributed by atoms with Gasteiger partial charge < -0.3 is 0 Å². The molecule has 1 heteroatoms. The van der Waals surface area contributed by atoms with Crippen LogP contribution in [-0.4, -0.2) is 5.78 Å². The number of carbonyl (C=O) groups is 1. The summed E-state index contributed by atoms with van der Waals surface area (Å²) in [5.74, 6) is 0.227. The van der Waals surface area contributed by atoms with Gasteiger partial charge in [-0.15, -0.1) is 0 Å². The maximum atomic E-state index is 12.2. The molecule has 0 N–H and O–H groups in total. The molecule has 0 heterocycles. The van der Waals surface area contributed by atoms with Gasteiger partial charge in [0.1, 0.15) is 5.78 Å². The first-order valence-corrected chi connectivity index (χ1v) is 6.46. The Hall–Kier alpha value is -1.63. The molecule has 1 nitrogen and oxygen atoms in total. The highest BCUT2D eigenvalue weighted by molar-refractivity contribution is 5.88. The average Bonchev–Trinajstić information content (AvgIpc) is 2.40. The molecule has 1 aromatic carbocycles. The van der Waals surface area contributed by atoms with Crippen molar-refractivity contribution in [2.45, 2.75) is 39.0 Å². The van der Waals surface area contributed by atoms with Crippen molar-refractivity contribution in [1.82, 2.24) is 0 Å². The lowest BCUT2D eigenvalue weighted by atomic mass is 9.72. The molecule has 0 atom stereocenters. The zero-order valence-corrected chi connectivity index (χ0v) is 11.5. The van der Waals surface area contributed by atoms with Crippen LogP contribution in [0.15, 0.2) is 54.6 Å². The van der Waals surface area contributed by atoms with E-state index >= 15 is 0 Å². The topological polar surface area (TPSA) is 17.1 Å². The number of hydrogen-bond acceptors (Lipinski definition) is 1. The van der Waals surface area contributed by atoms with Crippen molar-refractivity contribution < 1.29 is 4.79 Å². The molecule has 0 spiro atoms. The van der Waals surface area contributed by atoms with Gasteiger partial charge in [-0.2, -0.15) is 0 Å². The van der Waals surface area contributed by atoms with Crippen molar-refractivity contribution in [2.24, 2.45) is 0 Å². The van der Waals surface area contributed by atoms with Gasteiger partial charge in [-0.3, -0.25) is 4.79 Å². The van der Waals surface area contributed by atoms with E-state index in [0.717, 1.165) is 18.4 Å². The zero-order valence-electron chi connectivity index (χ0n) is 11.5. The molecule has 0 aromatic heterocycles. The van der Waals surface area contributed by atoms with Crippen LogP contribution in [0, 0.1) is 0 Å². The van der Waals surface area contributed by atoms with Gasteiger partial charge in [-0.1, -0.05) is 54.6 Å². The Bertz CT molecular complexity index is 412. The van der Waals surface area contributed by atoms with Crippen molar-refractivity contribution in [3.8, 4) is 0 Å². The van der Waals surface area contributed by atoms with Crippen molar-refractivity contribution in [3.63, 3.8) is 0 Å². The van der Waals surface area contributed by atoms with Crippen LogP contribution in [0.5, 0.6) is 0 Å². The first kappa shape index (κ1) is 14.4. The van der Waals surface area contributed by atoms with Crippen LogP contribution in [0.3, 0.4) is 0 Å². The third kappa shape index (κ3) is 3.19. The van der Waals surface area contributed by atoms with Crippen molar-refractivity contribution in [1.29, 1.82) is 0 Å². The average molecular weight is 242 g/mol. The second-order valence-corrected chi connectivity index (χ2v) is 4.55. The quantitative estimate of drug-likeness (QED) is 0.674. The van der Waals surface area contributed by atoms with Crippen molar-refractivity contribution in [3.05, 3.63) is 60.2 Å². The molecule has 0 aliphatic carbocycles. The number of carbonyl (C=O) groups excluding carboxylic acids is 1. The van der Waals surface area contributed by atoms with Gasteiger partial charge >= 0.3 is 0 Å². The van der Waals surface area contributed by atoms with Gasteiger partial charge in [0.15, 0.2) is 0 Å². The van der Waals surface area contributed by atoms with Gasteiger partial charge in [-0.05, 0) is 39.2 Å². The Morgan fingerprint density at radius 2 is 1.56 bits per heavy atom. The van der Waals surface area contributed by atoms with Crippen LogP contribution in [0.1, 0.15) is 39.2 Å². The largest absolute Gasteiger partial charge is 0.299 e. The summed E-state index contributed by atoms with van der Waals surface area (Å²) in [5.41, 5.74) is 0.689. The van der Waals surface area contributed by atoms with Crippen LogP contribution >= 0.6 is 0 Å². The summed E-state index contributed by atoms with van der Waals surface area (Å²) in [5, 5.41) is 0. The van der Waals surface area contributed by atoms with E-state index < -0.39 is 5.41 Å². The SMILES string of the molecule is CC=CCC(CC=CC)(C(C)=O)c1ccccc1. The third-order valence-corrected chi connectivity index (χ3v) is 3.40. The second-order valence-electron chi connectivity index (χ2n) is 4.55. The summed E-state index contributed by atoms with van der Waals surface area (Å²) < 4.78 is 0. The Labute approximate surface area is 110 Å². The van der Waals surface area contributed by atoms with Crippen LogP contribution in [-0.2, 0) is 10.2 Å². The first-order chi connectivity index (χ1) is 8.67. The number of allylic oxidation sites excluding steroid dienone is 4. The molecule has 0 unspecified atom stereocenters. The van der Waals surface area contributed by atoms with Crippen molar-refractivity contribution >= 4 is 5.78 Å². The Morgan fingerprint density at radius 3 is 1.94 bits per heavy atom. The molecule has 0 bridgehead atoms. The molecule has 1 aromatic rings. The fraction of sp³-hybridized carbons (Fsp3) is 0.353. The van der Waals surface area contributed by atoms with Gasteiger partial charge in [0, 0.05) is 0 Å². The number of benzene rings is 1. The predicted octanol–water partition coefficient (Wildman–Crippen LogP) is 4.45. The molecule has 0 radical (unpaired) electrons. The minimum absolute atomic E-state index is 0.227. The lowest BCUT2D eigenvalue weighted by molar-refractivity contribution is -0.122. The number of hydrogen-bond donors (Lipinski definition) is 0. The molecule has 0 aliphatic rings. The third-order valence-electron chi connectivity index (χ3n) is 3.40. The standard InChI is InChI=1S/C17H22O/c1-4-6-13-17(15(3)18,14-7-5-2)16-11-9-8-10-12-16/h4-12H,13-14H2,1-3H3. The highest BCUT2D eigenvalue weighted by Crippen LogP contribution is 2.34. The summed E-state index contributed by atoms with van der Waals surface area (Å²) in [6.07, 6.45) is 9.70. The summed E-state index contributed by atoms with van der Waals surface area (Å²) in [6.45, 7) is 5.68. The molecule has 0 saturated heterocycles. The summed E-state index contributed by atoms with van der Waals surface area (Å²) in [7, 11) is 0. The van der Waals surface area contributed by atoms with E-state index in [1.54, 1.807) is 6.92 Å². The van der Waals surface area contributed by atoms with E-state index in [-0.39, 0.29) is 5.78 Å². The van der Waals surface area contributed by atoms with Gasteiger partial charge in [0.25, 0.3) is 0 Å². The molecule has 18 heavy (non-hydrogen) atoms. The maximum absolute atomic E-state index is 12.2. The Morgan fingerprint density at radius 1 is 1.06 bits per heavy atom. The molecule has 0 saturated carbocycles. The molecule has 0 fully saturated rings. The summed E-state index contributed by atoms with van der Waals surface area (Å²) in [4.78, 5) is 12.2. The van der Waals surface area contributed by atoms with Crippen LogP contribution < -0.4 is 0 Å². The molecular weight excluding hydrogens is 220 g/mol. The lowest BCUT2D eigenvalue weighted by Gasteiger charge is -2.30. The van der Waals surface area contributed by atoms with E-state index in [9.17, 15) is 4.79 Å². The maximum Gasteiger partial charge on any atom is 0.140 e. The molecule has 96 valence electrons. The molecular formula is C17H22O. The van der Waals surface area contributed by atoms with E-state index in [2.05, 4.69) is 24.3 Å². The van der Waals surface area contributed by atoms with E-state index in [1.807, 2.05) is 44.2 Å². The van der Waals surface area contributed by atoms with Crippen LogP contribution in [0.25, 0.3) is 0 Å². The number of rotatable bonds is 6. The van der Waals surface area contributed by atoms with Gasteiger partial charge in [-0.25, -0.2) is 0 Å². The molecule has 0 amide bonds. The summed E-state index contributed by atoms with van der Waals surface area (Å²) >= 11 is 0. The number of ketones is 1. The van der Waals surface area contributed by atoms with Gasteiger partial charge in [0.2, 0.25) is 0 Å². The van der Waals surface area contributed by atoms with E-state index in [0.29, 0.717) is 0 Å². The normalized spacial score (nSPS) is 15.1. The van der Waals surface area contributed by atoms with Crippen LogP contribution in [0.4, 0.5) is 0 Å². The highest BCUT2D eigenvalue weighted by Gasteiger charge is 2.34. The minimum atomic E-state index is -0.416. The van der Waals surface area contributed by atoms with E-state index in [1.165, 1.54) is 0 Å². The second kappa shape index (κ2) is 6.95. The Kier molecular flexibility index (Phi) is 5.57. The Balaban J connectivity index is 3.23. The smallest absolute Gasteiger partial charge is 0.140 e. The minimum Gasteiger partial charge on any atom is -0.299 e. The van der Waals surface area contributed by atoms with Crippen LogP contribution in [0.2, 0.25) is 0 Å². The molecule has 0 aliphatic heterocycles. The first-order valence-electron chi connectivity index (χ1n) is 6.46. The number of Topliss-reactive ketones (excluding diaryl/α,β-unsaturated/α-hetero) is 1. The zero-order chi connectivity index (χ0) is 13.4. The van der Waals surface area contributed by atoms with E-state index in [4.69, 9.17) is 0 Å². The monoisotopic (exact) mass is 242 g/mol.